The van der Waals surface area contributed by atoms with Gasteiger partial charge in [-0.05, 0) is 37.3 Å². The molecule has 22 heavy (non-hydrogen) atoms. The lowest BCUT2D eigenvalue weighted by Gasteiger charge is -2.06. The topological polar surface area (TPSA) is 62.2 Å². The SMILES string of the molecule is Cc1nc(CCCC(=O)NCCc2ccc(CO)cc2)cs1. The molecule has 2 rings (SSSR count). The molecule has 1 aromatic heterocycles. The summed E-state index contributed by atoms with van der Waals surface area (Å²) in [5.41, 5.74) is 3.15. The Labute approximate surface area is 135 Å². The Hall–Kier alpha value is -1.72. The van der Waals surface area contributed by atoms with Gasteiger partial charge in [-0.25, -0.2) is 4.98 Å². The van der Waals surface area contributed by atoms with E-state index in [1.54, 1.807) is 11.3 Å². The highest BCUT2D eigenvalue weighted by molar-refractivity contribution is 7.09. The van der Waals surface area contributed by atoms with E-state index in [1.165, 1.54) is 0 Å². The maximum atomic E-state index is 11.8. The van der Waals surface area contributed by atoms with Crippen LogP contribution in [0.3, 0.4) is 0 Å². The summed E-state index contributed by atoms with van der Waals surface area (Å²) in [5, 5.41) is 15.1. The van der Waals surface area contributed by atoms with Crippen molar-refractivity contribution >= 4 is 17.2 Å². The maximum absolute atomic E-state index is 11.8. The van der Waals surface area contributed by atoms with Crippen molar-refractivity contribution in [2.24, 2.45) is 0 Å². The van der Waals surface area contributed by atoms with Crippen LogP contribution in [0.25, 0.3) is 0 Å². The second kappa shape index (κ2) is 8.66. The van der Waals surface area contributed by atoms with Gasteiger partial charge in [0.05, 0.1) is 17.3 Å². The quantitative estimate of drug-likeness (QED) is 0.786. The number of carbonyl (C=O) groups is 1. The molecular weight excluding hydrogens is 296 g/mol. The summed E-state index contributed by atoms with van der Waals surface area (Å²) in [6.07, 6.45) is 3.04. The molecule has 0 atom stereocenters. The van der Waals surface area contributed by atoms with Crippen molar-refractivity contribution < 1.29 is 9.90 Å². The molecule has 0 spiro atoms. The Bertz CT molecular complexity index is 593. The second-order valence-corrected chi connectivity index (χ2v) is 6.35. The molecule has 0 bridgehead atoms. The highest BCUT2D eigenvalue weighted by Crippen LogP contribution is 2.10. The first-order valence-electron chi connectivity index (χ1n) is 7.54. The number of benzene rings is 1. The number of hydrogen-bond donors (Lipinski definition) is 2. The minimum absolute atomic E-state index is 0.0650. The van der Waals surface area contributed by atoms with Crippen LogP contribution >= 0.6 is 11.3 Å². The van der Waals surface area contributed by atoms with Gasteiger partial charge in [-0.3, -0.25) is 4.79 Å². The van der Waals surface area contributed by atoms with Crippen molar-refractivity contribution in [2.75, 3.05) is 6.54 Å². The van der Waals surface area contributed by atoms with Gasteiger partial charge in [0.2, 0.25) is 5.91 Å². The molecule has 0 aliphatic heterocycles. The van der Waals surface area contributed by atoms with Crippen molar-refractivity contribution in [3.8, 4) is 0 Å². The molecular formula is C17H22N2O2S. The molecule has 0 saturated heterocycles. The van der Waals surface area contributed by atoms with Crippen molar-refractivity contribution in [3.05, 3.63) is 51.5 Å². The lowest BCUT2D eigenvalue weighted by Crippen LogP contribution is -2.25. The Kier molecular flexibility index (Phi) is 6.55. The number of nitrogens with zero attached hydrogens (tertiary/aromatic N) is 1. The van der Waals surface area contributed by atoms with E-state index in [1.807, 2.05) is 31.2 Å². The lowest BCUT2D eigenvalue weighted by atomic mass is 10.1. The van der Waals surface area contributed by atoms with Gasteiger partial charge in [0, 0.05) is 18.3 Å². The zero-order chi connectivity index (χ0) is 15.8. The van der Waals surface area contributed by atoms with Crippen molar-refractivity contribution in [3.63, 3.8) is 0 Å². The average molecular weight is 318 g/mol. The van der Waals surface area contributed by atoms with Crippen molar-refractivity contribution in [1.82, 2.24) is 10.3 Å². The summed E-state index contributed by atoms with van der Waals surface area (Å²) in [6.45, 7) is 2.70. The third-order valence-corrected chi connectivity index (χ3v) is 4.27. The molecule has 0 fully saturated rings. The summed E-state index contributed by atoms with van der Waals surface area (Å²) < 4.78 is 0. The fraction of sp³-hybridized carbons (Fsp3) is 0.412. The molecule has 1 heterocycles. The van der Waals surface area contributed by atoms with Crippen LogP contribution < -0.4 is 5.32 Å². The first kappa shape index (κ1) is 16.6. The first-order chi connectivity index (χ1) is 10.7. The van der Waals surface area contributed by atoms with Crippen molar-refractivity contribution in [1.29, 1.82) is 0 Å². The summed E-state index contributed by atoms with van der Waals surface area (Å²) in [6, 6.07) is 7.80. The number of aromatic nitrogens is 1. The second-order valence-electron chi connectivity index (χ2n) is 5.29. The third-order valence-electron chi connectivity index (χ3n) is 3.44. The van der Waals surface area contributed by atoms with Gasteiger partial charge < -0.3 is 10.4 Å². The molecule has 0 aliphatic carbocycles. The smallest absolute Gasteiger partial charge is 0.220 e. The van der Waals surface area contributed by atoms with Gasteiger partial charge >= 0.3 is 0 Å². The summed E-state index contributed by atoms with van der Waals surface area (Å²) in [4.78, 5) is 16.2. The number of carbonyl (C=O) groups excluding carboxylic acids is 1. The number of amides is 1. The third kappa shape index (κ3) is 5.58. The lowest BCUT2D eigenvalue weighted by molar-refractivity contribution is -0.121. The zero-order valence-electron chi connectivity index (χ0n) is 12.8. The molecule has 1 amide bonds. The molecule has 4 nitrogen and oxygen atoms in total. The molecule has 5 heteroatoms. The number of thiazole rings is 1. The van der Waals surface area contributed by atoms with Crippen LogP contribution in [-0.2, 0) is 24.2 Å². The van der Waals surface area contributed by atoms with E-state index in [2.05, 4.69) is 15.7 Å². The summed E-state index contributed by atoms with van der Waals surface area (Å²) >= 11 is 1.65. The Morgan fingerprint density at radius 3 is 2.59 bits per heavy atom. The van der Waals surface area contributed by atoms with Crippen LogP contribution in [0.5, 0.6) is 0 Å². The molecule has 0 radical (unpaired) electrons. The highest BCUT2D eigenvalue weighted by atomic mass is 32.1. The zero-order valence-corrected chi connectivity index (χ0v) is 13.7. The van der Waals surface area contributed by atoms with Gasteiger partial charge in [0.25, 0.3) is 0 Å². The average Bonchev–Trinajstić information content (AvgIpc) is 2.93. The molecule has 118 valence electrons. The van der Waals surface area contributed by atoms with E-state index >= 15 is 0 Å². The van der Waals surface area contributed by atoms with Gasteiger partial charge in [-0.2, -0.15) is 0 Å². The molecule has 0 aliphatic rings. The largest absolute Gasteiger partial charge is 0.392 e. The minimum Gasteiger partial charge on any atom is -0.392 e. The Morgan fingerprint density at radius 2 is 1.95 bits per heavy atom. The number of aliphatic hydroxyl groups excluding tert-OH is 1. The number of rotatable bonds is 8. The molecule has 1 aromatic carbocycles. The molecule has 0 saturated carbocycles. The van der Waals surface area contributed by atoms with Crippen LogP contribution in [0.2, 0.25) is 0 Å². The van der Waals surface area contributed by atoms with E-state index in [4.69, 9.17) is 5.11 Å². The number of nitrogens with one attached hydrogen (secondary N) is 1. The fourth-order valence-electron chi connectivity index (χ4n) is 2.20. The van der Waals surface area contributed by atoms with Gasteiger partial charge in [-0.1, -0.05) is 24.3 Å². The Morgan fingerprint density at radius 1 is 1.23 bits per heavy atom. The maximum Gasteiger partial charge on any atom is 0.220 e. The standard InChI is InChI=1S/C17H22N2O2S/c1-13-19-16(12-22-13)3-2-4-17(21)18-10-9-14-5-7-15(11-20)8-6-14/h5-8,12,20H,2-4,9-11H2,1H3,(H,18,21). The van der Waals surface area contributed by atoms with Crippen LogP contribution in [0, 0.1) is 6.92 Å². The molecule has 0 unspecified atom stereocenters. The van der Waals surface area contributed by atoms with Crippen LogP contribution in [0.1, 0.15) is 34.7 Å². The predicted molar refractivity (Wildman–Crippen MR) is 88.9 cm³/mol. The van der Waals surface area contributed by atoms with Crippen LogP contribution in [0.4, 0.5) is 0 Å². The molecule has 2 N–H and O–H groups in total. The van der Waals surface area contributed by atoms with E-state index in [0.717, 1.165) is 41.1 Å². The minimum atomic E-state index is 0.0650. The molecule has 2 aromatic rings. The Balaban J connectivity index is 1.60. The monoisotopic (exact) mass is 318 g/mol. The van der Waals surface area contributed by atoms with Gasteiger partial charge in [-0.15, -0.1) is 11.3 Å². The van der Waals surface area contributed by atoms with Crippen molar-refractivity contribution in [2.45, 2.75) is 39.2 Å². The predicted octanol–water partition coefficient (Wildman–Crippen LogP) is 2.63. The van der Waals surface area contributed by atoms with Gasteiger partial charge in [0.1, 0.15) is 0 Å². The van der Waals surface area contributed by atoms with E-state index in [9.17, 15) is 4.79 Å². The summed E-state index contributed by atoms with van der Waals surface area (Å²) in [7, 11) is 0. The fourth-order valence-corrected chi connectivity index (χ4v) is 2.85. The normalized spacial score (nSPS) is 10.6. The van der Waals surface area contributed by atoms with E-state index in [-0.39, 0.29) is 12.5 Å². The van der Waals surface area contributed by atoms with E-state index in [0.29, 0.717) is 13.0 Å². The number of hydrogen-bond acceptors (Lipinski definition) is 4. The summed E-state index contributed by atoms with van der Waals surface area (Å²) in [5.74, 6) is 0.0962. The van der Waals surface area contributed by atoms with Crippen LogP contribution in [-0.4, -0.2) is 22.5 Å². The first-order valence-corrected chi connectivity index (χ1v) is 8.41. The van der Waals surface area contributed by atoms with E-state index < -0.39 is 0 Å². The number of aryl methyl sites for hydroxylation is 2. The highest BCUT2D eigenvalue weighted by Gasteiger charge is 2.03. The van der Waals surface area contributed by atoms with Crippen LogP contribution in [0.15, 0.2) is 29.6 Å². The number of aliphatic hydroxyl groups is 1. The van der Waals surface area contributed by atoms with Gasteiger partial charge in [0.15, 0.2) is 0 Å².